The molecule has 0 aromatic rings. The third kappa shape index (κ3) is 2.50. The quantitative estimate of drug-likeness (QED) is 0.630. The van der Waals surface area contributed by atoms with Gasteiger partial charge in [-0.15, -0.1) is 0 Å². The molecule has 1 rings (SSSR count). The molecule has 1 aliphatic heterocycles. The van der Waals surface area contributed by atoms with E-state index in [2.05, 4.69) is 20.3 Å². The average Bonchev–Trinajstić information content (AvgIpc) is 2.56. The Hall–Kier alpha value is -0.530. The average molecular weight is 168 g/mol. The van der Waals surface area contributed by atoms with Gasteiger partial charge in [-0.1, -0.05) is 20.3 Å². The topological polar surface area (TPSA) is 20.3 Å². The highest BCUT2D eigenvalue weighted by atomic mass is 16.2. The summed E-state index contributed by atoms with van der Waals surface area (Å²) in [5.74, 6) is 0.871. The first-order valence-electron chi connectivity index (χ1n) is 4.83. The summed E-state index contributed by atoms with van der Waals surface area (Å²) < 4.78 is 0. The van der Waals surface area contributed by atoms with Crippen molar-refractivity contribution in [1.82, 2.24) is 4.90 Å². The minimum absolute atomic E-state index is 0.332. The lowest BCUT2D eigenvalue weighted by Crippen LogP contribution is -2.28. The van der Waals surface area contributed by atoms with Crippen molar-refractivity contribution in [3.05, 3.63) is 6.42 Å². The standard InChI is InChI=1S/C10H18NO/c1-3-9(2)8-10(12)11-6-4-5-7-11/h4,9H,3,5-8H2,1-2H3. The van der Waals surface area contributed by atoms with E-state index in [1.165, 1.54) is 0 Å². The van der Waals surface area contributed by atoms with Crippen molar-refractivity contribution in [3.8, 4) is 0 Å². The van der Waals surface area contributed by atoms with E-state index in [4.69, 9.17) is 0 Å². The highest BCUT2D eigenvalue weighted by Gasteiger charge is 2.18. The van der Waals surface area contributed by atoms with Crippen molar-refractivity contribution in [1.29, 1.82) is 0 Å². The molecule has 0 aliphatic carbocycles. The van der Waals surface area contributed by atoms with Crippen LogP contribution in [0.5, 0.6) is 0 Å². The Morgan fingerprint density at radius 2 is 2.42 bits per heavy atom. The van der Waals surface area contributed by atoms with Crippen LogP contribution in [0, 0.1) is 12.3 Å². The number of likely N-dealkylation sites (tertiary alicyclic amines) is 1. The van der Waals surface area contributed by atoms with Gasteiger partial charge in [0.15, 0.2) is 0 Å². The zero-order valence-corrected chi connectivity index (χ0v) is 8.05. The van der Waals surface area contributed by atoms with E-state index in [1.807, 2.05) is 4.90 Å². The molecule has 0 spiro atoms. The number of nitrogens with zero attached hydrogens (tertiary/aromatic N) is 1. The molecular formula is C10H18NO. The van der Waals surface area contributed by atoms with Crippen LogP contribution in [0.25, 0.3) is 0 Å². The molecule has 0 bridgehead atoms. The SMILES string of the molecule is CCC(C)CC(=O)N1C[CH]CC1. The van der Waals surface area contributed by atoms with Crippen LogP contribution in [-0.4, -0.2) is 23.9 Å². The molecule has 0 saturated carbocycles. The lowest BCUT2D eigenvalue weighted by atomic mass is 10.0. The molecule has 1 heterocycles. The normalized spacial score (nSPS) is 19.7. The maximum Gasteiger partial charge on any atom is 0.222 e. The first-order valence-corrected chi connectivity index (χ1v) is 4.83. The molecule has 1 aliphatic rings. The Balaban J connectivity index is 2.27. The molecule has 69 valence electrons. The smallest absolute Gasteiger partial charge is 0.222 e. The summed E-state index contributed by atoms with van der Waals surface area (Å²) >= 11 is 0. The molecule has 1 atom stereocenters. The number of carbonyl (C=O) groups excluding carboxylic acids is 1. The third-order valence-corrected chi connectivity index (χ3v) is 2.53. The first-order chi connectivity index (χ1) is 5.74. The maximum absolute atomic E-state index is 11.5. The summed E-state index contributed by atoms with van der Waals surface area (Å²) in [6.45, 7) is 6.08. The van der Waals surface area contributed by atoms with Gasteiger partial charge in [-0.25, -0.2) is 0 Å². The number of amides is 1. The Kier molecular flexibility index (Phi) is 3.57. The molecule has 0 N–H and O–H groups in total. The van der Waals surface area contributed by atoms with Gasteiger partial charge in [0, 0.05) is 19.5 Å². The van der Waals surface area contributed by atoms with Crippen molar-refractivity contribution in [2.24, 2.45) is 5.92 Å². The minimum atomic E-state index is 0.332. The largest absolute Gasteiger partial charge is 0.342 e. The van der Waals surface area contributed by atoms with E-state index >= 15 is 0 Å². The van der Waals surface area contributed by atoms with Crippen LogP contribution in [-0.2, 0) is 4.79 Å². The molecule has 1 amide bonds. The molecule has 1 radical (unpaired) electrons. The van der Waals surface area contributed by atoms with Crippen molar-refractivity contribution in [2.45, 2.75) is 33.1 Å². The van der Waals surface area contributed by atoms with Crippen LogP contribution in [0.2, 0.25) is 0 Å². The Bertz CT molecular complexity index is 150. The lowest BCUT2D eigenvalue weighted by molar-refractivity contribution is -0.130. The first kappa shape index (κ1) is 9.56. The van der Waals surface area contributed by atoms with Crippen LogP contribution in [0.15, 0.2) is 0 Å². The molecule has 1 saturated heterocycles. The van der Waals surface area contributed by atoms with Crippen molar-refractivity contribution in [2.75, 3.05) is 13.1 Å². The molecule has 2 heteroatoms. The fraction of sp³-hybridized carbons (Fsp3) is 0.800. The van der Waals surface area contributed by atoms with E-state index < -0.39 is 0 Å². The predicted octanol–water partition coefficient (Wildman–Crippen LogP) is 1.86. The van der Waals surface area contributed by atoms with Crippen molar-refractivity contribution >= 4 is 5.91 Å². The highest BCUT2D eigenvalue weighted by Crippen LogP contribution is 2.13. The van der Waals surface area contributed by atoms with E-state index in [0.717, 1.165) is 32.4 Å². The van der Waals surface area contributed by atoms with Gasteiger partial charge >= 0.3 is 0 Å². The van der Waals surface area contributed by atoms with Crippen molar-refractivity contribution < 1.29 is 4.79 Å². The van der Waals surface area contributed by atoms with Gasteiger partial charge in [-0.3, -0.25) is 4.79 Å². The molecule has 1 fully saturated rings. The van der Waals surface area contributed by atoms with Crippen LogP contribution in [0.1, 0.15) is 33.1 Å². The summed E-state index contributed by atoms with van der Waals surface area (Å²) in [7, 11) is 0. The van der Waals surface area contributed by atoms with E-state index in [-0.39, 0.29) is 0 Å². The summed E-state index contributed by atoms with van der Waals surface area (Å²) in [5.41, 5.74) is 0. The Morgan fingerprint density at radius 1 is 1.67 bits per heavy atom. The van der Waals surface area contributed by atoms with E-state index in [9.17, 15) is 4.79 Å². The molecule has 0 aromatic carbocycles. The zero-order valence-electron chi connectivity index (χ0n) is 8.05. The predicted molar refractivity (Wildman–Crippen MR) is 49.6 cm³/mol. The minimum Gasteiger partial charge on any atom is -0.342 e. The molecule has 1 unspecified atom stereocenters. The number of hydrogen-bond acceptors (Lipinski definition) is 1. The summed E-state index contributed by atoms with van der Waals surface area (Å²) in [6.07, 6.45) is 5.08. The second kappa shape index (κ2) is 4.48. The summed E-state index contributed by atoms with van der Waals surface area (Å²) in [4.78, 5) is 13.5. The molecule has 2 nitrogen and oxygen atoms in total. The van der Waals surface area contributed by atoms with Gasteiger partial charge in [-0.2, -0.15) is 0 Å². The van der Waals surface area contributed by atoms with E-state index in [1.54, 1.807) is 0 Å². The number of rotatable bonds is 3. The monoisotopic (exact) mass is 168 g/mol. The van der Waals surface area contributed by atoms with Gasteiger partial charge in [-0.05, 0) is 18.8 Å². The molecule has 0 aromatic heterocycles. The molecular weight excluding hydrogens is 150 g/mol. The van der Waals surface area contributed by atoms with Gasteiger partial charge in [0.05, 0.1) is 0 Å². The van der Waals surface area contributed by atoms with E-state index in [0.29, 0.717) is 11.8 Å². The molecule has 12 heavy (non-hydrogen) atoms. The third-order valence-electron chi connectivity index (χ3n) is 2.53. The second-order valence-corrected chi connectivity index (χ2v) is 3.63. The highest BCUT2D eigenvalue weighted by molar-refractivity contribution is 5.76. The van der Waals surface area contributed by atoms with Gasteiger partial charge in [0.25, 0.3) is 0 Å². The maximum atomic E-state index is 11.5. The summed E-state index contributed by atoms with van der Waals surface area (Å²) in [5, 5.41) is 0. The Morgan fingerprint density at radius 3 is 2.92 bits per heavy atom. The number of carbonyl (C=O) groups is 1. The van der Waals surface area contributed by atoms with Crippen LogP contribution in [0.4, 0.5) is 0 Å². The fourth-order valence-corrected chi connectivity index (χ4v) is 1.38. The van der Waals surface area contributed by atoms with Crippen LogP contribution in [0.3, 0.4) is 0 Å². The van der Waals surface area contributed by atoms with Crippen LogP contribution < -0.4 is 0 Å². The number of hydrogen-bond donors (Lipinski definition) is 0. The van der Waals surface area contributed by atoms with Crippen LogP contribution >= 0.6 is 0 Å². The van der Waals surface area contributed by atoms with Crippen molar-refractivity contribution in [3.63, 3.8) is 0 Å². The van der Waals surface area contributed by atoms with Gasteiger partial charge in [0.2, 0.25) is 5.91 Å². The van der Waals surface area contributed by atoms with Gasteiger partial charge in [0.1, 0.15) is 0 Å². The zero-order chi connectivity index (χ0) is 8.97. The Labute approximate surface area is 74.9 Å². The van der Waals surface area contributed by atoms with Gasteiger partial charge < -0.3 is 4.90 Å². The lowest BCUT2D eigenvalue weighted by Gasteiger charge is -2.17. The fourth-order valence-electron chi connectivity index (χ4n) is 1.38. The summed E-state index contributed by atoms with van der Waals surface area (Å²) in [6, 6.07) is 0. The second-order valence-electron chi connectivity index (χ2n) is 3.63.